The van der Waals surface area contributed by atoms with E-state index in [1.54, 1.807) is 16.7 Å². The molecule has 0 aliphatic heterocycles. The standard InChI is InChI=1S/C10H10N2O2/c1-6-4-12-5-8(10(13)14)3-9(12)7(2)11-6/h3-5H,1-2H3,(H,13,14). The van der Waals surface area contributed by atoms with Gasteiger partial charge in [0.25, 0.3) is 0 Å². The summed E-state index contributed by atoms with van der Waals surface area (Å²) < 4.78 is 1.79. The highest BCUT2D eigenvalue weighted by molar-refractivity contribution is 5.89. The molecular formula is C10H10N2O2. The highest BCUT2D eigenvalue weighted by Crippen LogP contribution is 2.13. The molecule has 0 aliphatic carbocycles. The molecule has 4 nitrogen and oxygen atoms in total. The van der Waals surface area contributed by atoms with E-state index in [0.717, 1.165) is 16.9 Å². The molecule has 0 saturated carbocycles. The molecule has 2 heterocycles. The minimum Gasteiger partial charge on any atom is -0.478 e. The lowest BCUT2D eigenvalue weighted by molar-refractivity contribution is 0.0697. The van der Waals surface area contributed by atoms with Crippen molar-refractivity contribution in [2.75, 3.05) is 0 Å². The number of carboxylic acids is 1. The Kier molecular flexibility index (Phi) is 1.77. The molecule has 0 bridgehead atoms. The van der Waals surface area contributed by atoms with Gasteiger partial charge in [0.05, 0.1) is 22.5 Å². The van der Waals surface area contributed by atoms with Gasteiger partial charge in [-0.15, -0.1) is 0 Å². The number of aryl methyl sites for hydroxylation is 2. The maximum Gasteiger partial charge on any atom is 0.337 e. The zero-order valence-corrected chi connectivity index (χ0v) is 7.98. The Morgan fingerprint density at radius 3 is 2.79 bits per heavy atom. The molecule has 0 aliphatic rings. The molecule has 14 heavy (non-hydrogen) atoms. The molecule has 0 amide bonds. The van der Waals surface area contributed by atoms with Gasteiger partial charge in [0.2, 0.25) is 0 Å². The van der Waals surface area contributed by atoms with E-state index in [4.69, 9.17) is 5.11 Å². The van der Waals surface area contributed by atoms with Gasteiger partial charge in [-0.05, 0) is 19.9 Å². The van der Waals surface area contributed by atoms with Gasteiger partial charge in [0.1, 0.15) is 0 Å². The molecule has 2 aromatic rings. The first-order chi connectivity index (χ1) is 6.58. The molecule has 0 saturated heterocycles. The number of carboxylic acid groups (broad SMARTS) is 1. The fourth-order valence-electron chi connectivity index (χ4n) is 1.55. The average Bonchev–Trinajstić information content (AvgIpc) is 2.47. The van der Waals surface area contributed by atoms with Crippen LogP contribution in [0.25, 0.3) is 5.52 Å². The highest BCUT2D eigenvalue weighted by atomic mass is 16.4. The predicted molar refractivity (Wildman–Crippen MR) is 51.6 cm³/mol. The Balaban J connectivity index is 2.76. The molecule has 0 radical (unpaired) electrons. The molecular weight excluding hydrogens is 180 g/mol. The number of fused-ring (bicyclic) bond motifs is 1. The molecule has 0 spiro atoms. The number of rotatable bonds is 1. The van der Waals surface area contributed by atoms with Gasteiger partial charge in [-0.1, -0.05) is 0 Å². The monoisotopic (exact) mass is 190 g/mol. The number of hydrogen-bond acceptors (Lipinski definition) is 2. The third-order valence-corrected chi connectivity index (χ3v) is 2.14. The van der Waals surface area contributed by atoms with E-state index in [0.29, 0.717) is 5.56 Å². The van der Waals surface area contributed by atoms with Gasteiger partial charge >= 0.3 is 5.97 Å². The number of aromatic nitrogens is 2. The van der Waals surface area contributed by atoms with Crippen LogP contribution in [0, 0.1) is 13.8 Å². The SMILES string of the molecule is Cc1cn2cc(C(=O)O)cc2c(C)n1. The van der Waals surface area contributed by atoms with Crippen LogP contribution in [0.15, 0.2) is 18.5 Å². The first-order valence-electron chi connectivity index (χ1n) is 4.27. The van der Waals surface area contributed by atoms with E-state index >= 15 is 0 Å². The summed E-state index contributed by atoms with van der Waals surface area (Å²) in [5, 5.41) is 8.81. The Labute approximate surface area is 80.8 Å². The zero-order chi connectivity index (χ0) is 10.3. The number of carbonyl (C=O) groups is 1. The Morgan fingerprint density at radius 2 is 2.14 bits per heavy atom. The first-order valence-corrected chi connectivity index (χ1v) is 4.27. The number of aromatic carboxylic acids is 1. The van der Waals surface area contributed by atoms with E-state index in [1.165, 1.54) is 0 Å². The first kappa shape index (κ1) is 8.74. The summed E-state index contributed by atoms with van der Waals surface area (Å²) in [7, 11) is 0. The van der Waals surface area contributed by atoms with Gasteiger partial charge in [-0.3, -0.25) is 4.98 Å². The summed E-state index contributed by atoms with van der Waals surface area (Å²) in [5.74, 6) is -0.911. The minimum atomic E-state index is -0.911. The van der Waals surface area contributed by atoms with Crippen molar-refractivity contribution in [3.8, 4) is 0 Å². The highest BCUT2D eigenvalue weighted by Gasteiger charge is 2.08. The van der Waals surface area contributed by atoms with Crippen molar-refractivity contribution in [1.82, 2.24) is 9.38 Å². The second-order valence-electron chi connectivity index (χ2n) is 3.29. The minimum absolute atomic E-state index is 0.292. The van der Waals surface area contributed by atoms with Crippen molar-refractivity contribution in [1.29, 1.82) is 0 Å². The topological polar surface area (TPSA) is 54.6 Å². The summed E-state index contributed by atoms with van der Waals surface area (Å²) in [6.07, 6.45) is 3.41. The second-order valence-corrected chi connectivity index (χ2v) is 3.29. The Morgan fingerprint density at radius 1 is 1.43 bits per heavy atom. The van der Waals surface area contributed by atoms with Crippen molar-refractivity contribution in [2.45, 2.75) is 13.8 Å². The molecule has 2 aromatic heterocycles. The lowest BCUT2D eigenvalue weighted by atomic mass is 10.3. The lowest BCUT2D eigenvalue weighted by Crippen LogP contribution is -1.93. The van der Waals surface area contributed by atoms with Crippen LogP contribution in [0.2, 0.25) is 0 Å². The lowest BCUT2D eigenvalue weighted by Gasteiger charge is -1.99. The summed E-state index contributed by atoms with van der Waals surface area (Å²) in [4.78, 5) is 15.0. The summed E-state index contributed by atoms with van der Waals surface area (Å²) in [5.41, 5.74) is 2.86. The fraction of sp³-hybridized carbons (Fsp3) is 0.200. The molecule has 4 heteroatoms. The van der Waals surface area contributed by atoms with Crippen LogP contribution in [0.5, 0.6) is 0 Å². The largest absolute Gasteiger partial charge is 0.478 e. The zero-order valence-electron chi connectivity index (χ0n) is 7.98. The molecule has 0 aromatic carbocycles. The number of hydrogen-bond donors (Lipinski definition) is 1. The van der Waals surface area contributed by atoms with Gasteiger partial charge in [0.15, 0.2) is 0 Å². The van der Waals surface area contributed by atoms with Crippen LogP contribution in [-0.2, 0) is 0 Å². The smallest absolute Gasteiger partial charge is 0.337 e. The third-order valence-electron chi connectivity index (χ3n) is 2.14. The summed E-state index contributed by atoms with van der Waals surface area (Å²) >= 11 is 0. The fourth-order valence-corrected chi connectivity index (χ4v) is 1.55. The normalized spacial score (nSPS) is 10.7. The van der Waals surface area contributed by atoms with Crippen LogP contribution in [0.1, 0.15) is 21.7 Å². The van der Waals surface area contributed by atoms with Gasteiger partial charge < -0.3 is 9.51 Å². The molecule has 2 rings (SSSR count). The number of nitrogens with zero attached hydrogens (tertiary/aromatic N) is 2. The maximum absolute atomic E-state index is 10.7. The van der Waals surface area contributed by atoms with Crippen LogP contribution >= 0.6 is 0 Å². The van der Waals surface area contributed by atoms with E-state index in [2.05, 4.69) is 4.98 Å². The Hall–Kier alpha value is -1.84. The van der Waals surface area contributed by atoms with E-state index in [9.17, 15) is 4.79 Å². The summed E-state index contributed by atoms with van der Waals surface area (Å²) in [6, 6.07) is 1.63. The van der Waals surface area contributed by atoms with Crippen molar-refractivity contribution in [3.63, 3.8) is 0 Å². The quantitative estimate of drug-likeness (QED) is 0.743. The van der Waals surface area contributed by atoms with Crippen molar-refractivity contribution in [3.05, 3.63) is 35.4 Å². The molecule has 0 fully saturated rings. The second kappa shape index (κ2) is 2.83. The maximum atomic E-state index is 10.7. The van der Waals surface area contributed by atoms with Crippen LogP contribution in [0.4, 0.5) is 0 Å². The van der Waals surface area contributed by atoms with Crippen LogP contribution in [-0.4, -0.2) is 20.5 Å². The Bertz CT molecular complexity index is 514. The van der Waals surface area contributed by atoms with Crippen molar-refractivity contribution < 1.29 is 9.90 Å². The predicted octanol–water partition coefficient (Wildman–Crippen LogP) is 1.65. The molecule has 1 N–H and O–H groups in total. The van der Waals surface area contributed by atoms with Crippen LogP contribution in [0.3, 0.4) is 0 Å². The third kappa shape index (κ3) is 1.25. The van der Waals surface area contributed by atoms with Crippen LogP contribution < -0.4 is 0 Å². The average molecular weight is 190 g/mol. The van der Waals surface area contributed by atoms with Crippen molar-refractivity contribution in [2.24, 2.45) is 0 Å². The van der Waals surface area contributed by atoms with Crippen molar-refractivity contribution >= 4 is 11.5 Å². The summed E-state index contributed by atoms with van der Waals surface area (Å²) in [6.45, 7) is 3.75. The van der Waals surface area contributed by atoms with Gasteiger partial charge in [-0.2, -0.15) is 0 Å². The van der Waals surface area contributed by atoms with Gasteiger partial charge in [-0.25, -0.2) is 4.79 Å². The van der Waals surface area contributed by atoms with Gasteiger partial charge in [0, 0.05) is 12.4 Å². The molecule has 0 atom stereocenters. The van der Waals surface area contributed by atoms with E-state index < -0.39 is 5.97 Å². The van der Waals surface area contributed by atoms with E-state index in [1.807, 2.05) is 20.0 Å². The molecule has 72 valence electrons. The van der Waals surface area contributed by atoms with E-state index in [-0.39, 0.29) is 0 Å². The molecule has 0 unspecified atom stereocenters.